The number of ether oxygens (including phenoxy) is 1. The van der Waals surface area contributed by atoms with Crippen LogP contribution < -0.4 is 10.1 Å². The average molecular weight is 429 g/mol. The van der Waals surface area contributed by atoms with E-state index in [1.165, 1.54) is 28.9 Å². The zero-order valence-corrected chi connectivity index (χ0v) is 16.4. The lowest BCUT2D eigenvalue weighted by molar-refractivity contribution is -0.118. The summed E-state index contributed by atoms with van der Waals surface area (Å²) in [5, 5.41) is 5.31. The third kappa shape index (κ3) is 3.97. The van der Waals surface area contributed by atoms with Crippen molar-refractivity contribution in [2.24, 2.45) is 0 Å². The van der Waals surface area contributed by atoms with Crippen molar-refractivity contribution in [2.75, 3.05) is 11.9 Å². The van der Waals surface area contributed by atoms with Gasteiger partial charge in [0.05, 0.1) is 5.69 Å². The molecule has 1 aliphatic carbocycles. The highest BCUT2D eigenvalue weighted by Crippen LogP contribution is 2.27. The number of benzene rings is 2. The Morgan fingerprint density at radius 3 is 2.81 bits per heavy atom. The van der Waals surface area contributed by atoms with Gasteiger partial charge in [0.2, 0.25) is 0 Å². The molecule has 4 rings (SSSR count). The predicted octanol–water partition coefficient (Wildman–Crippen LogP) is 5.08. The van der Waals surface area contributed by atoms with Gasteiger partial charge in [0.1, 0.15) is 5.75 Å². The van der Waals surface area contributed by atoms with Gasteiger partial charge in [-0.05, 0) is 54.7 Å². The zero-order chi connectivity index (χ0) is 17.9. The first-order chi connectivity index (χ1) is 12.7. The van der Waals surface area contributed by atoms with E-state index in [9.17, 15) is 4.79 Å². The summed E-state index contributed by atoms with van der Waals surface area (Å²) in [5.41, 5.74) is 4.59. The Balaban J connectivity index is 1.34. The molecule has 0 spiro atoms. The van der Waals surface area contributed by atoms with E-state index < -0.39 is 0 Å². The summed E-state index contributed by atoms with van der Waals surface area (Å²) in [6.07, 6.45) is 3.43. The molecule has 3 aromatic rings. The number of fused-ring (bicyclic) bond motifs is 1. The van der Waals surface area contributed by atoms with Crippen LogP contribution >= 0.6 is 27.3 Å². The predicted molar refractivity (Wildman–Crippen MR) is 108 cm³/mol. The molecule has 0 saturated heterocycles. The first-order valence-electron chi connectivity index (χ1n) is 8.43. The highest BCUT2D eigenvalue weighted by atomic mass is 79.9. The maximum atomic E-state index is 12.1. The third-order valence-electron chi connectivity index (χ3n) is 4.33. The van der Waals surface area contributed by atoms with Gasteiger partial charge in [0.15, 0.2) is 11.7 Å². The van der Waals surface area contributed by atoms with Gasteiger partial charge in [-0.25, -0.2) is 4.98 Å². The number of carbonyl (C=O) groups excluding carboxylic acids is 1. The van der Waals surface area contributed by atoms with Gasteiger partial charge in [-0.15, -0.1) is 11.3 Å². The average Bonchev–Trinajstić information content (AvgIpc) is 3.29. The molecule has 1 aliphatic rings. The molecule has 132 valence electrons. The summed E-state index contributed by atoms with van der Waals surface area (Å²) in [6, 6.07) is 14.0. The molecular weight excluding hydrogens is 412 g/mol. The van der Waals surface area contributed by atoms with Gasteiger partial charge in [-0.2, -0.15) is 0 Å². The van der Waals surface area contributed by atoms with Crippen molar-refractivity contribution in [3.05, 3.63) is 63.4 Å². The molecule has 0 aliphatic heterocycles. The molecule has 1 heterocycles. The van der Waals surface area contributed by atoms with E-state index in [0.29, 0.717) is 5.13 Å². The zero-order valence-electron chi connectivity index (χ0n) is 14.0. The van der Waals surface area contributed by atoms with Crippen molar-refractivity contribution >= 4 is 38.3 Å². The van der Waals surface area contributed by atoms with E-state index in [4.69, 9.17) is 4.74 Å². The molecule has 0 saturated carbocycles. The minimum absolute atomic E-state index is 0.0218. The van der Waals surface area contributed by atoms with Crippen LogP contribution in [0.4, 0.5) is 5.13 Å². The van der Waals surface area contributed by atoms with Gasteiger partial charge < -0.3 is 4.74 Å². The number of amides is 1. The van der Waals surface area contributed by atoms with Crippen LogP contribution in [0.3, 0.4) is 0 Å². The minimum Gasteiger partial charge on any atom is -0.484 e. The van der Waals surface area contributed by atoms with Gasteiger partial charge in [-0.1, -0.05) is 34.1 Å². The van der Waals surface area contributed by atoms with Crippen LogP contribution in [-0.2, 0) is 17.6 Å². The number of anilines is 1. The van der Waals surface area contributed by atoms with E-state index >= 15 is 0 Å². The maximum Gasteiger partial charge on any atom is 0.264 e. The lowest BCUT2D eigenvalue weighted by Crippen LogP contribution is -2.20. The lowest BCUT2D eigenvalue weighted by atomic mass is 10.1. The Labute approximate surface area is 164 Å². The highest BCUT2D eigenvalue weighted by Gasteiger charge is 2.13. The van der Waals surface area contributed by atoms with Crippen LogP contribution in [0.5, 0.6) is 5.75 Å². The fourth-order valence-corrected chi connectivity index (χ4v) is 4.03. The number of aryl methyl sites for hydroxylation is 2. The van der Waals surface area contributed by atoms with Crippen molar-refractivity contribution in [1.29, 1.82) is 0 Å². The summed E-state index contributed by atoms with van der Waals surface area (Å²) in [5.74, 6) is 0.540. The quantitative estimate of drug-likeness (QED) is 0.616. The van der Waals surface area contributed by atoms with Crippen molar-refractivity contribution in [3.63, 3.8) is 0 Å². The molecule has 26 heavy (non-hydrogen) atoms. The van der Waals surface area contributed by atoms with Crippen molar-refractivity contribution < 1.29 is 9.53 Å². The van der Waals surface area contributed by atoms with Gasteiger partial charge in [-0.3, -0.25) is 10.1 Å². The molecule has 0 bridgehead atoms. The molecule has 0 radical (unpaired) electrons. The van der Waals surface area contributed by atoms with Crippen LogP contribution in [0, 0.1) is 0 Å². The van der Waals surface area contributed by atoms with Crippen LogP contribution in [0.15, 0.2) is 52.3 Å². The van der Waals surface area contributed by atoms with E-state index in [2.05, 4.69) is 32.3 Å². The number of hydrogen-bond donors (Lipinski definition) is 1. The van der Waals surface area contributed by atoms with Crippen molar-refractivity contribution in [1.82, 2.24) is 4.98 Å². The second-order valence-corrected chi connectivity index (χ2v) is 7.94. The number of hydrogen-bond acceptors (Lipinski definition) is 4. The Kier molecular flexibility index (Phi) is 5.04. The number of nitrogens with zero attached hydrogens (tertiary/aromatic N) is 1. The van der Waals surface area contributed by atoms with Crippen molar-refractivity contribution in [3.8, 4) is 17.0 Å². The highest BCUT2D eigenvalue weighted by molar-refractivity contribution is 9.10. The van der Waals surface area contributed by atoms with Crippen molar-refractivity contribution in [2.45, 2.75) is 19.3 Å². The molecule has 6 heteroatoms. The van der Waals surface area contributed by atoms with E-state index in [-0.39, 0.29) is 12.5 Å². The fraction of sp³-hybridized carbons (Fsp3) is 0.200. The molecule has 0 unspecified atom stereocenters. The summed E-state index contributed by atoms with van der Waals surface area (Å²) >= 11 is 4.82. The SMILES string of the molecule is O=C(COc1ccc2c(c1)CCC2)Nc1nc(-c2ccc(Br)cc2)cs1. The Bertz CT molecular complexity index is 937. The maximum absolute atomic E-state index is 12.1. The third-order valence-corrected chi connectivity index (χ3v) is 5.62. The van der Waals surface area contributed by atoms with Gasteiger partial charge >= 0.3 is 0 Å². The molecule has 1 aromatic heterocycles. The van der Waals surface area contributed by atoms with Crippen LogP contribution in [0.25, 0.3) is 11.3 Å². The minimum atomic E-state index is -0.206. The molecular formula is C20H17BrN2O2S. The van der Waals surface area contributed by atoms with Gasteiger partial charge in [0.25, 0.3) is 5.91 Å². The Morgan fingerprint density at radius 2 is 1.96 bits per heavy atom. The first-order valence-corrected chi connectivity index (χ1v) is 10.1. The standard InChI is InChI=1S/C20H17BrN2O2S/c21-16-7-4-14(5-8-16)18-12-26-20(22-18)23-19(24)11-25-17-9-6-13-2-1-3-15(13)10-17/h4-10,12H,1-3,11H2,(H,22,23,24). The number of thiazole rings is 1. The number of halogens is 1. The van der Waals surface area contributed by atoms with Gasteiger partial charge in [0, 0.05) is 15.4 Å². The fourth-order valence-electron chi connectivity index (χ4n) is 3.03. The molecule has 1 N–H and O–H groups in total. The largest absolute Gasteiger partial charge is 0.484 e. The Morgan fingerprint density at radius 1 is 1.15 bits per heavy atom. The number of nitrogens with one attached hydrogen (secondary N) is 1. The second-order valence-electron chi connectivity index (χ2n) is 6.17. The van der Waals surface area contributed by atoms with E-state index in [1.807, 2.05) is 41.8 Å². The smallest absolute Gasteiger partial charge is 0.264 e. The monoisotopic (exact) mass is 428 g/mol. The summed E-state index contributed by atoms with van der Waals surface area (Å²) in [4.78, 5) is 16.6. The molecule has 0 fully saturated rings. The van der Waals surface area contributed by atoms with E-state index in [1.54, 1.807) is 0 Å². The topological polar surface area (TPSA) is 51.2 Å². The van der Waals surface area contributed by atoms with Crippen LogP contribution in [0.1, 0.15) is 17.5 Å². The number of carbonyl (C=O) groups is 1. The number of rotatable bonds is 5. The summed E-state index contributed by atoms with van der Waals surface area (Å²) in [6.45, 7) is -0.0218. The molecule has 0 atom stereocenters. The molecule has 1 amide bonds. The molecule has 2 aromatic carbocycles. The normalized spacial score (nSPS) is 12.7. The molecule has 4 nitrogen and oxygen atoms in total. The van der Waals surface area contributed by atoms with Crippen LogP contribution in [0.2, 0.25) is 0 Å². The summed E-state index contributed by atoms with van der Waals surface area (Å²) in [7, 11) is 0. The number of aromatic nitrogens is 1. The van der Waals surface area contributed by atoms with Crippen LogP contribution in [-0.4, -0.2) is 17.5 Å². The first kappa shape index (κ1) is 17.2. The summed E-state index contributed by atoms with van der Waals surface area (Å²) < 4.78 is 6.65. The van der Waals surface area contributed by atoms with E-state index in [0.717, 1.165) is 34.3 Å². The second kappa shape index (κ2) is 7.60. The Hall–Kier alpha value is -2.18. The lowest BCUT2D eigenvalue weighted by Gasteiger charge is -2.07.